The third kappa shape index (κ3) is 3.66. The summed E-state index contributed by atoms with van der Waals surface area (Å²) < 4.78 is 11.9. The minimum absolute atomic E-state index is 0.0583. The minimum Gasteiger partial charge on any atom is -0.494 e. The first kappa shape index (κ1) is 22.2. The Morgan fingerprint density at radius 3 is 2.62 bits per heavy atom. The van der Waals surface area contributed by atoms with Gasteiger partial charge in [-0.05, 0) is 67.8 Å². The molecule has 5 nitrogen and oxygen atoms in total. The zero-order valence-electron chi connectivity index (χ0n) is 19.2. The fourth-order valence-corrected chi connectivity index (χ4v) is 4.57. The molecule has 0 spiro atoms. The van der Waals surface area contributed by atoms with Gasteiger partial charge in [0.15, 0.2) is 5.43 Å². The van der Waals surface area contributed by atoms with Crippen molar-refractivity contribution < 1.29 is 13.9 Å². The lowest BCUT2D eigenvalue weighted by atomic mass is 9.97. The second-order valence-corrected chi connectivity index (χ2v) is 9.01. The topological polar surface area (TPSA) is 59.8 Å². The Labute approximate surface area is 202 Å². The van der Waals surface area contributed by atoms with Crippen LogP contribution in [-0.4, -0.2) is 12.5 Å². The Morgan fingerprint density at radius 2 is 1.85 bits per heavy atom. The summed E-state index contributed by atoms with van der Waals surface area (Å²) in [6.07, 6.45) is 0.873. The smallest absolute Gasteiger partial charge is 0.295 e. The number of ether oxygens (including phenoxy) is 1. The average molecular weight is 474 g/mol. The summed E-state index contributed by atoms with van der Waals surface area (Å²) in [4.78, 5) is 29.1. The van der Waals surface area contributed by atoms with E-state index in [2.05, 4.69) is 0 Å². The van der Waals surface area contributed by atoms with Gasteiger partial charge < -0.3 is 9.15 Å². The van der Waals surface area contributed by atoms with E-state index < -0.39 is 6.04 Å². The van der Waals surface area contributed by atoms with Crippen molar-refractivity contribution in [3.63, 3.8) is 0 Å². The van der Waals surface area contributed by atoms with Gasteiger partial charge in [-0.25, -0.2) is 0 Å². The summed E-state index contributed by atoms with van der Waals surface area (Å²) in [5.41, 5.74) is 3.71. The fourth-order valence-electron chi connectivity index (χ4n) is 4.39. The Balaban J connectivity index is 1.77. The Bertz CT molecular complexity index is 1490. The van der Waals surface area contributed by atoms with Gasteiger partial charge in [0, 0.05) is 10.7 Å². The molecule has 1 aliphatic rings. The van der Waals surface area contributed by atoms with Crippen LogP contribution >= 0.6 is 11.6 Å². The van der Waals surface area contributed by atoms with Crippen LogP contribution in [0.1, 0.15) is 52.2 Å². The number of aryl methyl sites for hydroxylation is 2. The number of anilines is 1. The Hall–Kier alpha value is -3.57. The van der Waals surface area contributed by atoms with Crippen LogP contribution < -0.4 is 15.1 Å². The van der Waals surface area contributed by atoms with E-state index in [1.165, 1.54) is 0 Å². The Morgan fingerprint density at radius 1 is 1.03 bits per heavy atom. The predicted molar refractivity (Wildman–Crippen MR) is 134 cm³/mol. The maximum Gasteiger partial charge on any atom is 0.295 e. The van der Waals surface area contributed by atoms with Gasteiger partial charge in [0.25, 0.3) is 5.91 Å². The predicted octanol–water partition coefficient (Wildman–Crippen LogP) is 6.60. The van der Waals surface area contributed by atoms with Gasteiger partial charge in [0.1, 0.15) is 11.3 Å². The van der Waals surface area contributed by atoms with Gasteiger partial charge in [-0.1, -0.05) is 48.4 Å². The largest absolute Gasteiger partial charge is 0.494 e. The molecule has 0 saturated carbocycles. The quantitative estimate of drug-likeness (QED) is 0.327. The van der Waals surface area contributed by atoms with E-state index in [1.54, 1.807) is 23.1 Å². The van der Waals surface area contributed by atoms with Crippen LogP contribution in [0.4, 0.5) is 5.69 Å². The van der Waals surface area contributed by atoms with Gasteiger partial charge >= 0.3 is 0 Å². The third-order valence-electron chi connectivity index (χ3n) is 6.11. The molecule has 1 aromatic heterocycles. The monoisotopic (exact) mass is 473 g/mol. The van der Waals surface area contributed by atoms with Crippen molar-refractivity contribution in [3.05, 3.63) is 104 Å². The molecule has 5 rings (SSSR count). The number of nitrogens with zero attached hydrogens (tertiary/aromatic N) is 1. The third-order valence-corrected chi connectivity index (χ3v) is 6.51. The lowest BCUT2D eigenvalue weighted by Gasteiger charge is -2.26. The van der Waals surface area contributed by atoms with Crippen LogP contribution in [0.2, 0.25) is 5.02 Å². The standard InChI is InChI=1S/C28H24ClNO4/c1-4-12-33-20-7-5-6-18(14-20)25-24-26(31)21-13-16(2)8-11-23(21)34-27(24)28(32)30(25)19-10-9-17(3)22(29)15-19/h5-11,13-15,25H,4,12H2,1-3H3. The van der Waals surface area contributed by atoms with Crippen molar-refractivity contribution in [1.82, 2.24) is 0 Å². The highest BCUT2D eigenvalue weighted by atomic mass is 35.5. The summed E-state index contributed by atoms with van der Waals surface area (Å²) in [7, 11) is 0. The van der Waals surface area contributed by atoms with Crippen LogP contribution in [0.5, 0.6) is 5.75 Å². The molecule has 0 radical (unpaired) electrons. The number of hydrogen-bond donors (Lipinski definition) is 0. The molecule has 4 aromatic rings. The molecule has 34 heavy (non-hydrogen) atoms. The van der Waals surface area contributed by atoms with Crippen molar-refractivity contribution >= 4 is 34.2 Å². The molecule has 172 valence electrons. The van der Waals surface area contributed by atoms with Crippen molar-refractivity contribution in [2.45, 2.75) is 33.2 Å². The lowest BCUT2D eigenvalue weighted by Crippen LogP contribution is -2.29. The highest BCUT2D eigenvalue weighted by Gasteiger charge is 2.43. The zero-order valence-corrected chi connectivity index (χ0v) is 20.0. The van der Waals surface area contributed by atoms with E-state index in [4.69, 9.17) is 20.8 Å². The average Bonchev–Trinajstić information content (AvgIpc) is 3.13. The summed E-state index contributed by atoms with van der Waals surface area (Å²) in [6.45, 7) is 6.44. The number of carbonyl (C=O) groups excluding carboxylic acids is 1. The second-order valence-electron chi connectivity index (χ2n) is 8.61. The normalized spacial score (nSPS) is 15.1. The molecule has 6 heteroatoms. The zero-order chi connectivity index (χ0) is 24.0. The molecule has 0 aliphatic carbocycles. The maximum atomic E-state index is 13.8. The lowest BCUT2D eigenvalue weighted by molar-refractivity contribution is 0.0971. The number of rotatable bonds is 5. The van der Waals surface area contributed by atoms with Gasteiger partial charge in [-0.15, -0.1) is 0 Å². The van der Waals surface area contributed by atoms with E-state index in [9.17, 15) is 9.59 Å². The summed E-state index contributed by atoms with van der Waals surface area (Å²) >= 11 is 6.42. The molecule has 1 atom stereocenters. The van der Waals surface area contributed by atoms with Crippen LogP contribution in [0, 0.1) is 13.8 Å². The minimum atomic E-state index is -0.674. The molecule has 0 N–H and O–H groups in total. The van der Waals surface area contributed by atoms with Crippen LogP contribution in [0.3, 0.4) is 0 Å². The molecule has 0 saturated heterocycles. The van der Waals surface area contributed by atoms with Gasteiger partial charge in [-0.3, -0.25) is 14.5 Å². The molecule has 2 heterocycles. The molecule has 3 aromatic carbocycles. The highest BCUT2D eigenvalue weighted by Crippen LogP contribution is 2.42. The van der Waals surface area contributed by atoms with Crippen LogP contribution in [-0.2, 0) is 0 Å². The highest BCUT2D eigenvalue weighted by molar-refractivity contribution is 6.31. The fraction of sp³-hybridized carbons (Fsp3) is 0.214. The number of benzene rings is 3. The first-order chi connectivity index (χ1) is 16.4. The molecular formula is C28H24ClNO4. The maximum absolute atomic E-state index is 13.8. The second kappa shape index (κ2) is 8.65. The van der Waals surface area contributed by atoms with E-state index in [0.717, 1.165) is 23.1 Å². The summed E-state index contributed by atoms with van der Waals surface area (Å²) in [6, 6.07) is 17.7. The van der Waals surface area contributed by atoms with E-state index in [1.807, 2.05) is 63.2 Å². The van der Waals surface area contributed by atoms with Crippen molar-refractivity contribution in [3.8, 4) is 5.75 Å². The SMILES string of the molecule is CCCOc1cccc(C2c3c(oc4ccc(C)cc4c3=O)C(=O)N2c2ccc(C)c(Cl)c2)c1. The van der Waals surface area contributed by atoms with E-state index in [-0.39, 0.29) is 17.1 Å². The van der Waals surface area contributed by atoms with E-state index >= 15 is 0 Å². The number of fused-ring (bicyclic) bond motifs is 2. The molecule has 0 fully saturated rings. The first-order valence-electron chi connectivity index (χ1n) is 11.3. The van der Waals surface area contributed by atoms with Gasteiger partial charge in [0.2, 0.25) is 5.76 Å². The molecule has 1 amide bonds. The number of carbonyl (C=O) groups is 1. The van der Waals surface area contributed by atoms with Crippen LogP contribution in [0.15, 0.2) is 69.9 Å². The molecule has 0 bridgehead atoms. The van der Waals surface area contributed by atoms with Gasteiger partial charge in [0.05, 0.1) is 23.6 Å². The van der Waals surface area contributed by atoms with Crippen molar-refractivity contribution in [2.75, 3.05) is 11.5 Å². The van der Waals surface area contributed by atoms with Crippen LogP contribution in [0.25, 0.3) is 11.0 Å². The Kier molecular flexibility index (Phi) is 5.66. The van der Waals surface area contributed by atoms with Gasteiger partial charge in [-0.2, -0.15) is 0 Å². The molecular weight excluding hydrogens is 450 g/mol. The van der Waals surface area contributed by atoms with Crippen molar-refractivity contribution in [2.24, 2.45) is 0 Å². The number of amides is 1. The van der Waals surface area contributed by atoms with Crippen molar-refractivity contribution in [1.29, 1.82) is 0 Å². The summed E-state index contributed by atoms with van der Waals surface area (Å²) in [5, 5.41) is 0.999. The number of hydrogen-bond acceptors (Lipinski definition) is 4. The first-order valence-corrected chi connectivity index (χ1v) is 11.7. The molecule has 1 unspecified atom stereocenters. The number of halogens is 1. The molecule has 1 aliphatic heterocycles. The van der Waals surface area contributed by atoms with E-state index in [0.29, 0.717) is 39.6 Å². The summed E-state index contributed by atoms with van der Waals surface area (Å²) in [5.74, 6) is 0.366.